The maximum absolute atomic E-state index is 13.3. The van der Waals surface area contributed by atoms with Crippen molar-refractivity contribution in [2.24, 2.45) is 0 Å². The molecule has 1 aromatic heterocycles. The van der Waals surface area contributed by atoms with E-state index in [0.29, 0.717) is 16.9 Å². The Kier molecular flexibility index (Phi) is 5.89. The molecular weight excluding hydrogens is 448 g/mol. The number of piperidine rings is 1. The van der Waals surface area contributed by atoms with Crippen LogP contribution in [-0.2, 0) is 15.1 Å². The molecule has 11 heteroatoms. The van der Waals surface area contributed by atoms with Gasteiger partial charge in [0.25, 0.3) is 5.91 Å². The first-order chi connectivity index (χ1) is 16.9. The van der Waals surface area contributed by atoms with Crippen molar-refractivity contribution in [1.29, 1.82) is 0 Å². The summed E-state index contributed by atoms with van der Waals surface area (Å²) in [4.78, 5) is 41.9. The van der Waals surface area contributed by atoms with Gasteiger partial charge in [0, 0.05) is 24.5 Å². The summed E-state index contributed by atoms with van der Waals surface area (Å²) in [6.45, 7) is 3.30. The SMILES string of the molecule is CC1(c2cccc(-n3cnnn3)c2)NC(=O)N(CC(=O)Nc2ccc(N3CCCCC3)cc2)C1=O. The lowest BCUT2D eigenvalue weighted by Crippen LogP contribution is -2.42. The zero-order valence-electron chi connectivity index (χ0n) is 19.3. The van der Waals surface area contributed by atoms with Crippen LogP contribution in [0.25, 0.3) is 5.69 Å². The lowest BCUT2D eigenvalue weighted by Gasteiger charge is -2.28. The fraction of sp³-hybridized carbons (Fsp3) is 0.333. The van der Waals surface area contributed by atoms with Crippen LogP contribution in [0.4, 0.5) is 16.2 Å². The molecule has 4 amide bonds. The van der Waals surface area contributed by atoms with Crippen LogP contribution in [0.5, 0.6) is 0 Å². The van der Waals surface area contributed by atoms with E-state index < -0.39 is 23.4 Å². The van der Waals surface area contributed by atoms with E-state index in [1.165, 1.54) is 30.3 Å². The normalized spacial score (nSPS) is 20.1. The molecule has 3 heterocycles. The lowest BCUT2D eigenvalue weighted by atomic mass is 9.91. The number of rotatable bonds is 6. The Balaban J connectivity index is 1.25. The number of benzene rings is 2. The number of hydrogen-bond donors (Lipinski definition) is 2. The van der Waals surface area contributed by atoms with E-state index in [9.17, 15) is 14.4 Å². The van der Waals surface area contributed by atoms with Gasteiger partial charge in [-0.1, -0.05) is 12.1 Å². The largest absolute Gasteiger partial charge is 0.372 e. The maximum Gasteiger partial charge on any atom is 0.325 e. The van der Waals surface area contributed by atoms with Crippen molar-refractivity contribution < 1.29 is 14.4 Å². The number of nitrogens with one attached hydrogen (secondary N) is 2. The van der Waals surface area contributed by atoms with Crippen LogP contribution in [0.3, 0.4) is 0 Å². The van der Waals surface area contributed by atoms with Gasteiger partial charge in [-0.25, -0.2) is 9.48 Å². The molecule has 5 rings (SSSR count). The van der Waals surface area contributed by atoms with E-state index in [-0.39, 0.29) is 6.54 Å². The van der Waals surface area contributed by atoms with Crippen LogP contribution in [0.15, 0.2) is 54.9 Å². The molecule has 3 aromatic rings. The molecule has 2 saturated heterocycles. The van der Waals surface area contributed by atoms with E-state index in [1.807, 2.05) is 24.3 Å². The first-order valence-electron chi connectivity index (χ1n) is 11.6. The number of nitrogens with zero attached hydrogens (tertiary/aromatic N) is 6. The summed E-state index contributed by atoms with van der Waals surface area (Å²) in [6.07, 6.45) is 5.07. The second kappa shape index (κ2) is 9.16. The minimum atomic E-state index is -1.32. The fourth-order valence-corrected chi connectivity index (χ4v) is 4.53. The van der Waals surface area contributed by atoms with Crippen molar-refractivity contribution in [3.63, 3.8) is 0 Å². The van der Waals surface area contributed by atoms with Gasteiger partial charge in [0.1, 0.15) is 18.4 Å². The first kappa shape index (κ1) is 22.5. The van der Waals surface area contributed by atoms with Gasteiger partial charge >= 0.3 is 6.03 Å². The molecule has 1 unspecified atom stereocenters. The van der Waals surface area contributed by atoms with E-state index in [2.05, 4.69) is 31.1 Å². The highest BCUT2D eigenvalue weighted by molar-refractivity contribution is 6.10. The summed E-state index contributed by atoms with van der Waals surface area (Å²) < 4.78 is 1.45. The zero-order chi connectivity index (χ0) is 24.4. The molecule has 2 aromatic carbocycles. The molecule has 180 valence electrons. The van der Waals surface area contributed by atoms with Gasteiger partial charge in [-0.15, -0.1) is 5.10 Å². The third kappa shape index (κ3) is 4.44. The van der Waals surface area contributed by atoms with Crippen molar-refractivity contribution in [2.75, 3.05) is 29.9 Å². The Hall–Kier alpha value is -4.28. The highest BCUT2D eigenvalue weighted by Gasteiger charge is 2.49. The third-order valence-electron chi connectivity index (χ3n) is 6.49. The summed E-state index contributed by atoms with van der Waals surface area (Å²) in [6, 6.07) is 14.0. The van der Waals surface area contributed by atoms with Crippen LogP contribution in [0, 0.1) is 0 Å². The van der Waals surface area contributed by atoms with Gasteiger partial charge in [0.05, 0.1) is 5.69 Å². The van der Waals surface area contributed by atoms with Crippen molar-refractivity contribution >= 4 is 29.2 Å². The van der Waals surface area contributed by atoms with Crippen molar-refractivity contribution in [1.82, 2.24) is 30.4 Å². The summed E-state index contributed by atoms with van der Waals surface area (Å²) in [5.74, 6) is -0.960. The van der Waals surface area contributed by atoms with Crippen LogP contribution in [-0.4, -0.2) is 62.6 Å². The Labute approximate surface area is 202 Å². The number of carbonyl (C=O) groups excluding carboxylic acids is 3. The summed E-state index contributed by atoms with van der Waals surface area (Å²) in [5, 5.41) is 16.6. The van der Waals surface area contributed by atoms with Crippen molar-refractivity contribution in [2.45, 2.75) is 31.7 Å². The predicted molar refractivity (Wildman–Crippen MR) is 128 cm³/mol. The van der Waals surface area contributed by atoms with E-state index in [4.69, 9.17) is 0 Å². The zero-order valence-corrected chi connectivity index (χ0v) is 19.3. The standard InChI is InChI=1S/C24H26N8O3/c1-24(17-6-5-7-20(14-17)32-16-25-28-29-32)22(34)31(23(35)27-24)15-21(33)26-18-8-10-19(11-9-18)30-12-3-2-4-13-30/h5-11,14,16H,2-4,12-13,15H2,1H3,(H,26,33)(H,27,35). The molecule has 0 radical (unpaired) electrons. The van der Waals surface area contributed by atoms with Crippen molar-refractivity contribution in [3.05, 3.63) is 60.4 Å². The van der Waals surface area contributed by atoms with Gasteiger partial charge < -0.3 is 15.5 Å². The Morgan fingerprint density at radius 3 is 2.54 bits per heavy atom. The number of hydrogen-bond acceptors (Lipinski definition) is 7. The Bertz CT molecular complexity index is 1240. The number of carbonyl (C=O) groups is 3. The molecule has 35 heavy (non-hydrogen) atoms. The topological polar surface area (TPSA) is 125 Å². The van der Waals surface area contributed by atoms with Crippen LogP contribution < -0.4 is 15.5 Å². The minimum Gasteiger partial charge on any atom is -0.372 e. The quantitative estimate of drug-likeness (QED) is 0.524. The highest BCUT2D eigenvalue weighted by Crippen LogP contribution is 2.30. The number of anilines is 2. The number of aromatic nitrogens is 4. The van der Waals surface area contributed by atoms with E-state index >= 15 is 0 Å². The fourth-order valence-electron chi connectivity index (χ4n) is 4.53. The monoisotopic (exact) mass is 474 g/mol. The van der Waals surface area contributed by atoms with E-state index in [1.54, 1.807) is 31.2 Å². The Morgan fingerprint density at radius 1 is 1.06 bits per heavy atom. The molecule has 0 saturated carbocycles. The lowest BCUT2D eigenvalue weighted by molar-refractivity contribution is -0.133. The molecule has 2 N–H and O–H groups in total. The molecule has 0 spiro atoms. The average molecular weight is 475 g/mol. The van der Waals surface area contributed by atoms with Crippen molar-refractivity contribution in [3.8, 4) is 5.69 Å². The highest BCUT2D eigenvalue weighted by atomic mass is 16.2. The second-order valence-electron chi connectivity index (χ2n) is 8.89. The summed E-state index contributed by atoms with van der Waals surface area (Å²) >= 11 is 0. The predicted octanol–water partition coefficient (Wildman–Crippen LogP) is 2.06. The molecule has 2 aliphatic heterocycles. The number of amides is 4. The third-order valence-corrected chi connectivity index (χ3v) is 6.49. The molecule has 0 bridgehead atoms. The van der Waals surface area contributed by atoms with Gasteiger partial charge in [0.2, 0.25) is 5.91 Å². The maximum atomic E-state index is 13.3. The summed E-state index contributed by atoms with van der Waals surface area (Å²) in [5.41, 5.74) is 1.61. The second-order valence-corrected chi connectivity index (χ2v) is 8.89. The molecule has 11 nitrogen and oxygen atoms in total. The van der Waals surface area contributed by atoms with E-state index in [0.717, 1.165) is 23.7 Å². The van der Waals surface area contributed by atoms with Crippen LogP contribution in [0.2, 0.25) is 0 Å². The van der Waals surface area contributed by atoms with Gasteiger partial charge in [-0.3, -0.25) is 14.5 Å². The first-order valence-corrected chi connectivity index (χ1v) is 11.6. The summed E-state index contributed by atoms with van der Waals surface area (Å²) in [7, 11) is 0. The molecular formula is C24H26N8O3. The smallest absolute Gasteiger partial charge is 0.325 e. The van der Waals surface area contributed by atoms with Gasteiger partial charge in [-0.2, -0.15) is 0 Å². The number of imide groups is 1. The number of tetrazole rings is 1. The number of urea groups is 1. The molecule has 1 atom stereocenters. The van der Waals surface area contributed by atoms with Gasteiger partial charge in [-0.05, 0) is 78.6 Å². The molecule has 0 aliphatic carbocycles. The van der Waals surface area contributed by atoms with Crippen LogP contribution >= 0.6 is 0 Å². The van der Waals surface area contributed by atoms with Crippen LogP contribution in [0.1, 0.15) is 31.7 Å². The molecule has 2 fully saturated rings. The minimum absolute atomic E-state index is 0.388. The van der Waals surface area contributed by atoms with Gasteiger partial charge in [0.15, 0.2) is 0 Å². The Morgan fingerprint density at radius 2 is 1.83 bits per heavy atom. The molecule has 2 aliphatic rings. The average Bonchev–Trinajstić information content (AvgIpc) is 3.49.